The summed E-state index contributed by atoms with van der Waals surface area (Å²) in [5.74, 6) is 1.28. The van der Waals surface area contributed by atoms with Crippen molar-refractivity contribution in [3.63, 3.8) is 0 Å². The number of halogens is 1. The fourth-order valence-electron chi connectivity index (χ4n) is 2.30. The van der Waals surface area contributed by atoms with Gasteiger partial charge in [0.2, 0.25) is 0 Å². The maximum Gasteiger partial charge on any atom is 0.140 e. The van der Waals surface area contributed by atoms with Gasteiger partial charge in [-0.05, 0) is 18.8 Å². The quantitative estimate of drug-likeness (QED) is 0.781. The zero-order valence-electron chi connectivity index (χ0n) is 12.2. The van der Waals surface area contributed by atoms with E-state index in [4.69, 9.17) is 11.6 Å². The van der Waals surface area contributed by atoms with Gasteiger partial charge in [-0.1, -0.05) is 39.3 Å². The van der Waals surface area contributed by atoms with Crippen LogP contribution in [0.15, 0.2) is 6.33 Å². The summed E-state index contributed by atoms with van der Waals surface area (Å²) in [5, 5.41) is 9.86. The van der Waals surface area contributed by atoms with E-state index in [1.54, 1.807) is 0 Å². The third-order valence-corrected chi connectivity index (χ3v) is 3.57. The molecular formula is C14H24ClN3O. The maximum absolute atomic E-state index is 9.52. The van der Waals surface area contributed by atoms with E-state index in [0.717, 1.165) is 25.2 Å². The SMILES string of the molecule is CCC(CC)N(CC(C)C)c1ncnc(Cl)c1CO. The molecule has 4 nitrogen and oxygen atoms in total. The first kappa shape index (κ1) is 16.2. The molecule has 19 heavy (non-hydrogen) atoms. The van der Waals surface area contributed by atoms with Crippen LogP contribution in [0.1, 0.15) is 46.1 Å². The second-order valence-electron chi connectivity index (χ2n) is 5.14. The van der Waals surface area contributed by atoms with Gasteiger partial charge in [0.05, 0.1) is 12.2 Å². The predicted octanol–water partition coefficient (Wildman–Crippen LogP) is 3.27. The Morgan fingerprint density at radius 3 is 2.37 bits per heavy atom. The summed E-state index contributed by atoms with van der Waals surface area (Å²) in [4.78, 5) is 10.6. The van der Waals surface area contributed by atoms with Crippen LogP contribution >= 0.6 is 11.6 Å². The van der Waals surface area contributed by atoms with Gasteiger partial charge in [-0.15, -0.1) is 0 Å². The van der Waals surface area contributed by atoms with Gasteiger partial charge in [0.15, 0.2) is 0 Å². The Labute approximate surface area is 120 Å². The van der Waals surface area contributed by atoms with Crippen molar-refractivity contribution in [1.82, 2.24) is 9.97 Å². The van der Waals surface area contributed by atoms with Crippen LogP contribution in [0.2, 0.25) is 5.15 Å². The molecule has 1 aromatic heterocycles. The van der Waals surface area contributed by atoms with Gasteiger partial charge in [-0.2, -0.15) is 0 Å². The molecule has 0 aliphatic rings. The number of hydrogen-bond acceptors (Lipinski definition) is 4. The van der Waals surface area contributed by atoms with Gasteiger partial charge < -0.3 is 10.0 Å². The molecule has 0 fully saturated rings. The molecule has 1 rings (SSSR count). The summed E-state index contributed by atoms with van der Waals surface area (Å²) >= 11 is 6.06. The molecule has 0 spiro atoms. The molecule has 0 atom stereocenters. The van der Waals surface area contributed by atoms with Gasteiger partial charge >= 0.3 is 0 Å². The van der Waals surface area contributed by atoms with Crippen LogP contribution in [0.3, 0.4) is 0 Å². The van der Waals surface area contributed by atoms with Crippen LogP contribution in [-0.4, -0.2) is 27.7 Å². The van der Waals surface area contributed by atoms with Crippen LogP contribution in [0, 0.1) is 5.92 Å². The molecule has 108 valence electrons. The number of aromatic nitrogens is 2. The molecule has 0 bridgehead atoms. The lowest BCUT2D eigenvalue weighted by Gasteiger charge is -2.34. The number of anilines is 1. The van der Waals surface area contributed by atoms with Gasteiger partial charge in [-0.25, -0.2) is 9.97 Å². The molecule has 0 aromatic carbocycles. The lowest BCUT2D eigenvalue weighted by atomic mass is 10.1. The van der Waals surface area contributed by atoms with Crippen molar-refractivity contribution in [2.24, 2.45) is 5.92 Å². The molecular weight excluding hydrogens is 262 g/mol. The highest BCUT2D eigenvalue weighted by Crippen LogP contribution is 2.27. The van der Waals surface area contributed by atoms with Crippen molar-refractivity contribution in [3.05, 3.63) is 17.0 Å². The van der Waals surface area contributed by atoms with Crippen LogP contribution in [0.4, 0.5) is 5.82 Å². The maximum atomic E-state index is 9.52. The normalized spacial score (nSPS) is 11.4. The van der Waals surface area contributed by atoms with Crippen LogP contribution < -0.4 is 4.90 Å². The molecule has 0 saturated heterocycles. The molecule has 1 N–H and O–H groups in total. The average Bonchev–Trinajstić information content (AvgIpc) is 2.38. The highest BCUT2D eigenvalue weighted by Gasteiger charge is 2.22. The monoisotopic (exact) mass is 285 g/mol. The fourth-order valence-corrected chi connectivity index (χ4v) is 2.49. The van der Waals surface area contributed by atoms with Gasteiger partial charge in [0.25, 0.3) is 0 Å². The first-order chi connectivity index (χ1) is 9.04. The largest absolute Gasteiger partial charge is 0.391 e. The lowest BCUT2D eigenvalue weighted by molar-refractivity contribution is 0.280. The molecule has 0 aliphatic heterocycles. The van der Waals surface area contributed by atoms with E-state index >= 15 is 0 Å². The van der Waals surface area contributed by atoms with E-state index < -0.39 is 0 Å². The number of aliphatic hydroxyl groups excluding tert-OH is 1. The average molecular weight is 286 g/mol. The van der Waals surface area contributed by atoms with Crippen molar-refractivity contribution < 1.29 is 5.11 Å². The third-order valence-electron chi connectivity index (χ3n) is 3.25. The van der Waals surface area contributed by atoms with Crippen molar-refractivity contribution in [2.45, 2.75) is 53.2 Å². The molecule has 1 heterocycles. The van der Waals surface area contributed by atoms with Crippen molar-refractivity contribution in [2.75, 3.05) is 11.4 Å². The van der Waals surface area contributed by atoms with E-state index in [1.165, 1.54) is 6.33 Å². The van der Waals surface area contributed by atoms with Gasteiger partial charge in [0.1, 0.15) is 17.3 Å². The van der Waals surface area contributed by atoms with Crippen molar-refractivity contribution in [3.8, 4) is 0 Å². The Bertz CT molecular complexity index is 394. The van der Waals surface area contributed by atoms with Crippen molar-refractivity contribution in [1.29, 1.82) is 0 Å². The van der Waals surface area contributed by atoms with E-state index in [2.05, 4.69) is 42.6 Å². The second-order valence-corrected chi connectivity index (χ2v) is 5.50. The minimum absolute atomic E-state index is 0.135. The van der Waals surface area contributed by atoms with E-state index in [9.17, 15) is 5.11 Å². The Balaban J connectivity index is 3.19. The highest BCUT2D eigenvalue weighted by atomic mass is 35.5. The summed E-state index contributed by atoms with van der Waals surface area (Å²) in [7, 11) is 0. The topological polar surface area (TPSA) is 49.2 Å². The Kier molecular flexibility index (Phi) is 6.52. The Hall–Kier alpha value is -0.870. The summed E-state index contributed by atoms with van der Waals surface area (Å²) in [6, 6.07) is 0.402. The summed E-state index contributed by atoms with van der Waals surface area (Å²) in [5.41, 5.74) is 0.622. The molecule has 5 heteroatoms. The number of aliphatic hydroxyl groups is 1. The molecule has 0 saturated carbocycles. The van der Waals surface area contributed by atoms with Gasteiger partial charge in [-0.3, -0.25) is 0 Å². The second kappa shape index (κ2) is 7.65. The van der Waals surface area contributed by atoms with Crippen molar-refractivity contribution >= 4 is 17.4 Å². The lowest BCUT2D eigenvalue weighted by Crippen LogP contribution is -2.38. The van der Waals surface area contributed by atoms with Crippen LogP contribution in [0.5, 0.6) is 0 Å². The van der Waals surface area contributed by atoms with E-state index in [-0.39, 0.29) is 6.61 Å². The van der Waals surface area contributed by atoms with E-state index in [1.807, 2.05) is 0 Å². The molecule has 0 amide bonds. The highest BCUT2D eigenvalue weighted by molar-refractivity contribution is 6.30. The zero-order chi connectivity index (χ0) is 14.4. The van der Waals surface area contributed by atoms with Crippen LogP contribution in [-0.2, 0) is 6.61 Å². The third kappa shape index (κ3) is 4.05. The fraction of sp³-hybridized carbons (Fsp3) is 0.714. The number of rotatable bonds is 7. The smallest absolute Gasteiger partial charge is 0.140 e. The standard InChI is InChI=1S/C14H24ClN3O/c1-5-11(6-2)18(7-10(3)4)14-12(8-19)13(15)16-9-17-14/h9-11,19H,5-8H2,1-4H3. The van der Waals surface area contributed by atoms with E-state index in [0.29, 0.717) is 22.7 Å². The number of hydrogen-bond donors (Lipinski definition) is 1. The minimum atomic E-state index is -0.135. The zero-order valence-corrected chi connectivity index (χ0v) is 13.0. The minimum Gasteiger partial charge on any atom is -0.391 e. The van der Waals surface area contributed by atoms with Gasteiger partial charge in [0, 0.05) is 12.6 Å². The Morgan fingerprint density at radius 2 is 1.89 bits per heavy atom. The molecule has 0 unspecified atom stereocenters. The summed E-state index contributed by atoms with van der Waals surface area (Å²) < 4.78 is 0. The first-order valence-electron chi connectivity index (χ1n) is 6.91. The summed E-state index contributed by atoms with van der Waals surface area (Å²) in [6.07, 6.45) is 3.54. The molecule has 1 aromatic rings. The summed E-state index contributed by atoms with van der Waals surface area (Å²) in [6.45, 7) is 9.45. The number of nitrogens with zero attached hydrogens (tertiary/aromatic N) is 3. The molecule has 0 radical (unpaired) electrons. The molecule has 0 aliphatic carbocycles. The predicted molar refractivity (Wildman–Crippen MR) is 79.5 cm³/mol. The first-order valence-corrected chi connectivity index (χ1v) is 7.29. The van der Waals surface area contributed by atoms with Crippen LogP contribution in [0.25, 0.3) is 0 Å². The Morgan fingerprint density at radius 1 is 1.26 bits per heavy atom.